The number of aliphatic hydroxyl groups is 1. The number of carbonyl (C=O) groups is 1. The van der Waals surface area contributed by atoms with Crippen molar-refractivity contribution in [2.45, 2.75) is 32.4 Å². The lowest BCUT2D eigenvalue weighted by atomic mass is 10.0. The smallest absolute Gasteiger partial charge is 0.253 e. The predicted octanol–water partition coefficient (Wildman–Crippen LogP) is 2.57. The van der Waals surface area contributed by atoms with Crippen molar-refractivity contribution in [2.24, 2.45) is 0 Å². The minimum absolute atomic E-state index is 0.0673. The quantitative estimate of drug-likeness (QED) is 0.493. The van der Waals surface area contributed by atoms with Gasteiger partial charge in [-0.05, 0) is 38.0 Å². The first-order valence-corrected chi connectivity index (χ1v) is 9.28. The fraction of sp³-hybridized carbons (Fsp3) is 0.333. The Morgan fingerprint density at radius 2 is 2.15 bits per heavy atom. The zero-order valence-electron chi connectivity index (χ0n) is 15.7. The largest absolute Gasteiger partial charge is 0.387 e. The van der Waals surface area contributed by atoms with Crippen molar-refractivity contribution in [3.63, 3.8) is 0 Å². The van der Waals surface area contributed by atoms with Gasteiger partial charge in [-0.1, -0.05) is 18.2 Å². The Labute approximate surface area is 159 Å². The van der Waals surface area contributed by atoms with Crippen LogP contribution in [0.15, 0.2) is 48.9 Å². The Hall–Kier alpha value is -2.70. The molecule has 0 aliphatic rings. The van der Waals surface area contributed by atoms with E-state index in [0.29, 0.717) is 18.7 Å². The van der Waals surface area contributed by atoms with E-state index < -0.39 is 6.10 Å². The van der Waals surface area contributed by atoms with Gasteiger partial charge in [-0.15, -0.1) is 0 Å². The molecule has 4 N–H and O–H groups in total. The van der Waals surface area contributed by atoms with Crippen LogP contribution in [-0.2, 0) is 6.42 Å². The summed E-state index contributed by atoms with van der Waals surface area (Å²) in [5.41, 5.74) is 3.47. The highest BCUT2D eigenvalue weighted by atomic mass is 16.3. The number of H-pyrrole nitrogens is 1. The van der Waals surface area contributed by atoms with Crippen LogP contribution in [0.4, 0.5) is 0 Å². The van der Waals surface area contributed by atoms with E-state index in [0.717, 1.165) is 28.5 Å². The lowest BCUT2D eigenvalue weighted by molar-refractivity contribution is 0.0957. The Kier molecular flexibility index (Phi) is 6.21. The SMILES string of the molecule is CCNC(=O)c1cccc2c(C[C@@H](C)NCC(O)c3cccnc3)c[nH]c12. The first kappa shape index (κ1) is 19.1. The molecule has 3 rings (SSSR count). The van der Waals surface area contributed by atoms with Gasteiger partial charge in [0.1, 0.15) is 0 Å². The van der Waals surface area contributed by atoms with E-state index in [-0.39, 0.29) is 11.9 Å². The van der Waals surface area contributed by atoms with Crippen molar-refractivity contribution in [2.75, 3.05) is 13.1 Å². The molecule has 0 bridgehead atoms. The van der Waals surface area contributed by atoms with E-state index in [4.69, 9.17) is 0 Å². The summed E-state index contributed by atoms with van der Waals surface area (Å²) in [4.78, 5) is 19.5. The van der Waals surface area contributed by atoms with E-state index in [1.165, 1.54) is 0 Å². The number of nitrogens with one attached hydrogen (secondary N) is 3. The third-order valence-electron chi connectivity index (χ3n) is 4.64. The molecule has 0 aliphatic carbocycles. The van der Waals surface area contributed by atoms with Crippen LogP contribution in [0, 0.1) is 0 Å². The van der Waals surface area contributed by atoms with Gasteiger partial charge >= 0.3 is 0 Å². The number of pyridine rings is 1. The van der Waals surface area contributed by atoms with Gasteiger partial charge < -0.3 is 20.7 Å². The number of aromatic amines is 1. The highest BCUT2D eigenvalue weighted by Gasteiger charge is 2.15. The number of aliphatic hydroxyl groups excluding tert-OH is 1. The normalized spacial score (nSPS) is 13.4. The highest BCUT2D eigenvalue weighted by Crippen LogP contribution is 2.23. The lowest BCUT2D eigenvalue weighted by Gasteiger charge is -2.17. The van der Waals surface area contributed by atoms with E-state index >= 15 is 0 Å². The van der Waals surface area contributed by atoms with Gasteiger partial charge in [-0.25, -0.2) is 0 Å². The molecule has 6 heteroatoms. The fourth-order valence-electron chi connectivity index (χ4n) is 3.23. The molecule has 0 fully saturated rings. The maximum absolute atomic E-state index is 12.2. The average molecular weight is 366 g/mol. The third kappa shape index (κ3) is 4.53. The minimum atomic E-state index is -0.589. The number of rotatable bonds is 8. The zero-order chi connectivity index (χ0) is 19.2. The second-order valence-electron chi connectivity index (χ2n) is 6.72. The molecule has 0 saturated heterocycles. The fourth-order valence-corrected chi connectivity index (χ4v) is 3.23. The molecule has 1 unspecified atom stereocenters. The predicted molar refractivity (Wildman–Crippen MR) is 107 cm³/mol. The number of aromatic nitrogens is 2. The number of fused-ring (bicyclic) bond motifs is 1. The van der Waals surface area contributed by atoms with E-state index in [2.05, 4.69) is 27.5 Å². The van der Waals surface area contributed by atoms with Crippen LogP contribution < -0.4 is 10.6 Å². The summed E-state index contributed by atoms with van der Waals surface area (Å²) >= 11 is 0. The van der Waals surface area contributed by atoms with Crippen molar-refractivity contribution < 1.29 is 9.90 Å². The number of amides is 1. The van der Waals surface area contributed by atoms with Gasteiger partial charge in [0.05, 0.1) is 17.2 Å². The molecule has 0 saturated carbocycles. The second-order valence-corrected chi connectivity index (χ2v) is 6.72. The second kappa shape index (κ2) is 8.79. The molecule has 3 aromatic rings. The monoisotopic (exact) mass is 366 g/mol. The summed E-state index contributed by atoms with van der Waals surface area (Å²) in [6.07, 6.45) is 5.54. The maximum atomic E-state index is 12.2. The zero-order valence-corrected chi connectivity index (χ0v) is 15.7. The first-order chi connectivity index (χ1) is 13.1. The topological polar surface area (TPSA) is 90.0 Å². The molecule has 0 aliphatic heterocycles. The molecule has 6 nitrogen and oxygen atoms in total. The Morgan fingerprint density at radius 3 is 2.89 bits per heavy atom. The third-order valence-corrected chi connectivity index (χ3v) is 4.64. The number of benzene rings is 1. The summed E-state index contributed by atoms with van der Waals surface area (Å²) in [5.74, 6) is -0.0673. The van der Waals surface area contributed by atoms with Crippen LogP contribution in [0.25, 0.3) is 10.9 Å². The molecule has 2 atom stereocenters. The molecule has 0 radical (unpaired) electrons. The van der Waals surface area contributed by atoms with Gasteiger partial charge in [-0.2, -0.15) is 0 Å². The van der Waals surface area contributed by atoms with Crippen LogP contribution in [-0.4, -0.2) is 40.1 Å². The van der Waals surface area contributed by atoms with Gasteiger partial charge in [0.2, 0.25) is 0 Å². The molecule has 2 aromatic heterocycles. The molecular weight excluding hydrogens is 340 g/mol. The van der Waals surface area contributed by atoms with Crippen LogP contribution in [0.5, 0.6) is 0 Å². The summed E-state index contributed by atoms with van der Waals surface area (Å²) < 4.78 is 0. The van der Waals surface area contributed by atoms with Crippen molar-refractivity contribution in [1.82, 2.24) is 20.6 Å². The Morgan fingerprint density at radius 1 is 1.30 bits per heavy atom. The van der Waals surface area contributed by atoms with E-state index in [1.807, 2.05) is 43.5 Å². The molecule has 27 heavy (non-hydrogen) atoms. The number of para-hydroxylation sites is 1. The summed E-state index contributed by atoms with van der Waals surface area (Å²) in [7, 11) is 0. The van der Waals surface area contributed by atoms with Crippen LogP contribution >= 0.6 is 0 Å². The minimum Gasteiger partial charge on any atom is -0.387 e. The van der Waals surface area contributed by atoms with Gasteiger partial charge in [0.15, 0.2) is 0 Å². The molecule has 1 aromatic carbocycles. The Bertz CT molecular complexity index is 892. The van der Waals surface area contributed by atoms with Gasteiger partial charge in [0.25, 0.3) is 5.91 Å². The molecule has 2 heterocycles. The molecule has 1 amide bonds. The average Bonchev–Trinajstić information content (AvgIpc) is 3.10. The van der Waals surface area contributed by atoms with Crippen molar-refractivity contribution in [3.05, 3.63) is 65.6 Å². The number of carbonyl (C=O) groups excluding carboxylic acids is 1. The van der Waals surface area contributed by atoms with E-state index in [1.54, 1.807) is 12.4 Å². The number of nitrogens with zero attached hydrogens (tertiary/aromatic N) is 1. The van der Waals surface area contributed by atoms with Crippen molar-refractivity contribution in [1.29, 1.82) is 0 Å². The lowest BCUT2D eigenvalue weighted by Crippen LogP contribution is -2.32. The molecule has 0 spiro atoms. The summed E-state index contributed by atoms with van der Waals surface area (Å²) in [6.45, 7) is 5.05. The van der Waals surface area contributed by atoms with Gasteiger partial charge in [0, 0.05) is 48.7 Å². The van der Waals surface area contributed by atoms with E-state index in [9.17, 15) is 9.90 Å². The van der Waals surface area contributed by atoms with Gasteiger partial charge in [-0.3, -0.25) is 9.78 Å². The molecular formula is C21H26N4O2. The van der Waals surface area contributed by atoms with Crippen LogP contribution in [0.1, 0.15) is 41.4 Å². The summed E-state index contributed by atoms with van der Waals surface area (Å²) in [6, 6.07) is 9.63. The standard InChI is InChI=1S/C21H26N4O2/c1-3-23-21(27)18-8-4-7-17-16(12-25-20(17)18)10-14(2)24-13-19(26)15-6-5-9-22-11-15/h4-9,11-12,14,19,24-26H,3,10,13H2,1-2H3,(H,23,27)/t14-,19?/m1/s1. The number of hydrogen-bond donors (Lipinski definition) is 4. The molecule has 142 valence electrons. The van der Waals surface area contributed by atoms with Crippen molar-refractivity contribution in [3.8, 4) is 0 Å². The van der Waals surface area contributed by atoms with Crippen LogP contribution in [0.2, 0.25) is 0 Å². The highest BCUT2D eigenvalue weighted by molar-refractivity contribution is 6.06. The first-order valence-electron chi connectivity index (χ1n) is 9.28. The summed E-state index contributed by atoms with van der Waals surface area (Å²) in [5, 5.41) is 17.5. The maximum Gasteiger partial charge on any atom is 0.253 e. The van der Waals surface area contributed by atoms with Crippen LogP contribution in [0.3, 0.4) is 0 Å². The number of hydrogen-bond acceptors (Lipinski definition) is 4. The Balaban J connectivity index is 1.66. The van der Waals surface area contributed by atoms with Crippen molar-refractivity contribution >= 4 is 16.8 Å².